The summed E-state index contributed by atoms with van der Waals surface area (Å²) in [6, 6.07) is 11.3. The van der Waals surface area contributed by atoms with Gasteiger partial charge in [-0.05, 0) is 62.2 Å². The molecule has 0 fully saturated rings. The molecule has 0 aliphatic heterocycles. The van der Waals surface area contributed by atoms with E-state index < -0.39 is 0 Å². The molecule has 2 rings (SSSR count). The zero-order chi connectivity index (χ0) is 12.3. The fourth-order valence-corrected chi connectivity index (χ4v) is 1.99. The van der Waals surface area contributed by atoms with E-state index in [2.05, 4.69) is 43.2 Å². The molecule has 0 aliphatic rings. The van der Waals surface area contributed by atoms with Crippen LogP contribution in [0.5, 0.6) is 0 Å². The van der Waals surface area contributed by atoms with E-state index in [4.69, 9.17) is 9.68 Å². The summed E-state index contributed by atoms with van der Waals surface area (Å²) >= 11 is 6.64. The summed E-state index contributed by atoms with van der Waals surface area (Å²) in [6.45, 7) is 0.593. The van der Waals surface area contributed by atoms with E-state index in [1.54, 1.807) is 12.1 Å². The van der Waals surface area contributed by atoms with Crippen molar-refractivity contribution in [3.8, 4) is 6.07 Å². The van der Waals surface area contributed by atoms with Crippen molar-refractivity contribution in [3.63, 3.8) is 0 Å². The van der Waals surface area contributed by atoms with Gasteiger partial charge in [0, 0.05) is 5.69 Å². The van der Waals surface area contributed by atoms with Gasteiger partial charge in [-0.3, -0.25) is 0 Å². The molecule has 0 saturated heterocycles. The van der Waals surface area contributed by atoms with Gasteiger partial charge in [-0.2, -0.15) is 5.26 Å². The Kier molecular flexibility index (Phi) is 3.87. The third kappa shape index (κ3) is 3.11. The molecule has 0 saturated carbocycles. The van der Waals surface area contributed by atoms with Crippen molar-refractivity contribution in [1.29, 1.82) is 5.26 Å². The summed E-state index contributed by atoms with van der Waals surface area (Å²) in [4.78, 5) is 0. The Hall–Kier alpha value is -1.25. The Morgan fingerprint density at radius 1 is 1.24 bits per heavy atom. The van der Waals surface area contributed by atoms with Crippen LogP contribution in [0.15, 0.2) is 43.9 Å². The summed E-state index contributed by atoms with van der Waals surface area (Å²) < 4.78 is 7.02. The number of halogens is 2. The van der Waals surface area contributed by atoms with E-state index in [9.17, 15) is 0 Å². The predicted octanol–water partition coefficient (Wildman–Crippen LogP) is 4.29. The molecule has 1 aromatic heterocycles. The maximum atomic E-state index is 8.67. The zero-order valence-corrected chi connectivity index (χ0v) is 11.9. The van der Waals surface area contributed by atoms with E-state index >= 15 is 0 Å². The summed E-state index contributed by atoms with van der Waals surface area (Å²) in [7, 11) is 0. The van der Waals surface area contributed by atoms with Crippen LogP contribution in [0.3, 0.4) is 0 Å². The van der Waals surface area contributed by atoms with Crippen LogP contribution in [-0.4, -0.2) is 0 Å². The Morgan fingerprint density at radius 2 is 1.94 bits per heavy atom. The smallest absolute Gasteiger partial charge is 0.183 e. The molecule has 0 amide bonds. The fourth-order valence-electron chi connectivity index (χ4n) is 1.33. The van der Waals surface area contributed by atoms with Gasteiger partial charge in [0.15, 0.2) is 4.67 Å². The standard InChI is InChI=1S/C12H8Br2N2O/c13-11-5-10(17-12(11)14)7-16-9-3-1-8(6-15)2-4-9/h1-5,16H,7H2. The lowest BCUT2D eigenvalue weighted by Crippen LogP contribution is -1.97. The molecule has 17 heavy (non-hydrogen) atoms. The van der Waals surface area contributed by atoms with E-state index in [-0.39, 0.29) is 0 Å². The number of hydrogen-bond acceptors (Lipinski definition) is 3. The normalized spacial score (nSPS) is 9.94. The van der Waals surface area contributed by atoms with Crippen LogP contribution in [0.4, 0.5) is 5.69 Å². The van der Waals surface area contributed by atoms with Crippen molar-refractivity contribution in [1.82, 2.24) is 0 Å². The lowest BCUT2D eigenvalue weighted by molar-refractivity contribution is 0.494. The molecule has 1 heterocycles. The highest BCUT2D eigenvalue weighted by Gasteiger charge is 2.05. The van der Waals surface area contributed by atoms with Gasteiger partial charge in [0.05, 0.1) is 22.7 Å². The number of anilines is 1. The molecule has 5 heteroatoms. The second-order valence-corrected chi connectivity index (χ2v) is 4.95. The first kappa shape index (κ1) is 12.2. The predicted molar refractivity (Wildman–Crippen MR) is 72.6 cm³/mol. The number of furan rings is 1. The summed E-state index contributed by atoms with van der Waals surface area (Å²) in [5, 5.41) is 11.9. The largest absolute Gasteiger partial charge is 0.451 e. The van der Waals surface area contributed by atoms with Gasteiger partial charge >= 0.3 is 0 Å². The van der Waals surface area contributed by atoms with E-state index in [0.29, 0.717) is 16.8 Å². The second-order valence-electron chi connectivity index (χ2n) is 3.38. The number of benzene rings is 1. The number of nitriles is 1. The summed E-state index contributed by atoms with van der Waals surface area (Å²) in [6.07, 6.45) is 0. The average molecular weight is 356 g/mol. The second kappa shape index (κ2) is 5.39. The van der Waals surface area contributed by atoms with Crippen molar-refractivity contribution >= 4 is 37.5 Å². The maximum Gasteiger partial charge on any atom is 0.183 e. The topological polar surface area (TPSA) is 49.0 Å². The number of nitrogens with one attached hydrogen (secondary N) is 1. The zero-order valence-electron chi connectivity index (χ0n) is 8.71. The molecule has 0 unspecified atom stereocenters. The van der Waals surface area contributed by atoms with E-state index in [1.807, 2.05) is 18.2 Å². The molecular weight excluding hydrogens is 348 g/mol. The number of nitrogens with zero attached hydrogens (tertiary/aromatic N) is 1. The highest BCUT2D eigenvalue weighted by molar-refractivity contribution is 9.13. The van der Waals surface area contributed by atoms with Gasteiger partial charge in [-0.15, -0.1) is 0 Å². The first-order valence-electron chi connectivity index (χ1n) is 4.87. The molecule has 0 radical (unpaired) electrons. The highest BCUT2D eigenvalue weighted by atomic mass is 79.9. The monoisotopic (exact) mass is 354 g/mol. The van der Waals surface area contributed by atoms with Crippen LogP contribution < -0.4 is 5.32 Å². The molecule has 1 N–H and O–H groups in total. The van der Waals surface area contributed by atoms with E-state index in [1.165, 1.54) is 0 Å². The Balaban J connectivity index is 2.00. The lowest BCUT2D eigenvalue weighted by Gasteiger charge is -2.03. The third-order valence-electron chi connectivity index (χ3n) is 2.18. The minimum atomic E-state index is 0.593. The van der Waals surface area contributed by atoms with Crippen LogP contribution in [0.25, 0.3) is 0 Å². The lowest BCUT2D eigenvalue weighted by atomic mass is 10.2. The first-order valence-corrected chi connectivity index (χ1v) is 6.45. The molecule has 86 valence electrons. The third-order valence-corrected chi connectivity index (χ3v) is 3.89. The van der Waals surface area contributed by atoms with Gasteiger partial charge in [0.2, 0.25) is 0 Å². The average Bonchev–Trinajstić information content (AvgIpc) is 2.67. The van der Waals surface area contributed by atoms with Gasteiger partial charge < -0.3 is 9.73 Å². The van der Waals surface area contributed by atoms with Crippen LogP contribution in [0.1, 0.15) is 11.3 Å². The SMILES string of the molecule is N#Cc1ccc(NCc2cc(Br)c(Br)o2)cc1. The number of rotatable bonds is 3. The van der Waals surface area contributed by atoms with Gasteiger partial charge in [0.25, 0.3) is 0 Å². The minimum absolute atomic E-state index is 0.593. The van der Waals surface area contributed by atoms with Crippen molar-refractivity contribution in [3.05, 3.63) is 50.8 Å². The molecular formula is C12H8Br2N2O. The molecule has 1 aromatic carbocycles. The summed E-state index contributed by atoms with van der Waals surface area (Å²) in [5.74, 6) is 0.827. The number of hydrogen-bond donors (Lipinski definition) is 1. The van der Waals surface area contributed by atoms with Crippen molar-refractivity contribution in [2.24, 2.45) is 0 Å². The molecule has 0 aliphatic carbocycles. The van der Waals surface area contributed by atoms with Gasteiger partial charge in [0.1, 0.15) is 5.76 Å². The Bertz CT molecular complexity index is 535. The van der Waals surface area contributed by atoms with Gasteiger partial charge in [-0.25, -0.2) is 0 Å². The highest BCUT2D eigenvalue weighted by Crippen LogP contribution is 2.27. The van der Waals surface area contributed by atoms with Crippen LogP contribution in [0, 0.1) is 11.3 Å². The molecule has 0 bridgehead atoms. The molecule has 0 spiro atoms. The van der Waals surface area contributed by atoms with Crippen LogP contribution >= 0.6 is 31.9 Å². The van der Waals surface area contributed by atoms with Crippen molar-refractivity contribution in [2.75, 3.05) is 5.32 Å². The van der Waals surface area contributed by atoms with Crippen LogP contribution in [-0.2, 0) is 6.54 Å². The van der Waals surface area contributed by atoms with E-state index in [0.717, 1.165) is 15.9 Å². The fraction of sp³-hybridized carbons (Fsp3) is 0.0833. The quantitative estimate of drug-likeness (QED) is 0.893. The summed E-state index contributed by atoms with van der Waals surface area (Å²) in [5.41, 5.74) is 1.60. The van der Waals surface area contributed by atoms with Crippen molar-refractivity contribution in [2.45, 2.75) is 6.54 Å². The Labute approximate surface area is 116 Å². The molecule has 0 atom stereocenters. The maximum absolute atomic E-state index is 8.67. The van der Waals surface area contributed by atoms with Gasteiger partial charge in [-0.1, -0.05) is 0 Å². The minimum Gasteiger partial charge on any atom is -0.451 e. The van der Waals surface area contributed by atoms with Crippen LogP contribution in [0.2, 0.25) is 0 Å². The first-order chi connectivity index (χ1) is 8.19. The molecule has 3 nitrogen and oxygen atoms in total. The Morgan fingerprint density at radius 3 is 2.47 bits per heavy atom. The van der Waals surface area contributed by atoms with Crippen molar-refractivity contribution < 1.29 is 4.42 Å². The molecule has 2 aromatic rings.